The van der Waals surface area contributed by atoms with E-state index in [4.69, 9.17) is 9.84 Å². The average molecular weight is 495 g/mol. The number of aromatic carboxylic acids is 1. The zero-order chi connectivity index (χ0) is 24.8. The van der Waals surface area contributed by atoms with Gasteiger partial charge in [-0.1, -0.05) is 61.4 Å². The highest BCUT2D eigenvalue weighted by molar-refractivity contribution is 7.29. The van der Waals surface area contributed by atoms with Gasteiger partial charge >= 0.3 is 19.9 Å². The summed E-state index contributed by atoms with van der Waals surface area (Å²) in [4.78, 5) is 27.2. The van der Waals surface area contributed by atoms with E-state index in [9.17, 15) is 18.7 Å². The second-order valence-electron chi connectivity index (χ2n) is 8.36. The van der Waals surface area contributed by atoms with Crippen molar-refractivity contribution in [2.75, 3.05) is 13.2 Å². The first-order valence-electron chi connectivity index (χ1n) is 11.5. The van der Waals surface area contributed by atoms with Crippen molar-refractivity contribution < 1.29 is 28.6 Å². The number of aromatic nitrogens is 2. The van der Waals surface area contributed by atoms with Gasteiger partial charge in [0.25, 0.3) is 0 Å². The summed E-state index contributed by atoms with van der Waals surface area (Å²) in [5.74, 6) is -1.85. The minimum Gasteiger partial charge on any atom is -0.475 e. The maximum Gasteiger partial charge on any atom is 0.432 e. The fraction of sp³-hybridized carbons (Fsp3) is 0.320. The molecule has 4 rings (SSSR count). The van der Waals surface area contributed by atoms with E-state index in [1.807, 2.05) is 24.3 Å². The number of aryl methyl sites for hydroxylation is 1. The molecule has 0 unspecified atom stereocenters. The molecule has 1 heterocycles. The van der Waals surface area contributed by atoms with Crippen molar-refractivity contribution in [2.24, 2.45) is 0 Å². The van der Waals surface area contributed by atoms with Crippen LogP contribution in [-0.2, 0) is 20.3 Å². The van der Waals surface area contributed by atoms with Crippen LogP contribution >= 0.6 is 7.83 Å². The predicted octanol–water partition coefficient (Wildman–Crippen LogP) is 5.16. The number of imidazole rings is 1. The molecule has 0 fully saturated rings. The van der Waals surface area contributed by atoms with Gasteiger partial charge in [-0.25, -0.2) is 28.0 Å². The monoisotopic (exact) mass is 495 g/mol. The van der Waals surface area contributed by atoms with E-state index < -0.39 is 25.7 Å². The number of nitrogens with one attached hydrogen (secondary N) is 1. The van der Waals surface area contributed by atoms with Crippen molar-refractivity contribution in [3.8, 4) is 11.1 Å². The molecule has 35 heavy (non-hydrogen) atoms. The zero-order valence-electron chi connectivity index (χ0n) is 19.1. The average Bonchev–Trinajstić information content (AvgIpc) is 3.42. The summed E-state index contributed by atoms with van der Waals surface area (Å²) in [5, 5.41) is 11.8. The number of alkyl carbamates (subject to hydrolysis) is 1. The standard InChI is InChI=1S/C25H26N3O6P/c29-24(30)23-27-17(15-28(23)35(32)33)9-3-1-2-8-14-26-25(31)34-16-22-20-12-6-4-10-18(20)19-11-5-7-13-21(19)22/h4-7,10-13,15,22H,1-3,8-9,14,16H2,(H,26,31)(H,29,30). The van der Waals surface area contributed by atoms with Crippen LogP contribution in [0.5, 0.6) is 0 Å². The van der Waals surface area contributed by atoms with Crippen molar-refractivity contribution >= 4 is 19.9 Å². The van der Waals surface area contributed by atoms with Gasteiger partial charge < -0.3 is 15.2 Å². The Kier molecular flexibility index (Phi) is 7.77. The van der Waals surface area contributed by atoms with Gasteiger partial charge in [-0.2, -0.15) is 0 Å². The number of ether oxygens (including phenoxy) is 1. The summed E-state index contributed by atoms with van der Waals surface area (Å²) in [6, 6.07) is 16.4. The zero-order valence-corrected chi connectivity index (χ0v) is 19.9. The third kappa shape index (κ3) is 5.69. The predicted molar refractivity (Wildman–Crippen MR) is 128 cm³/mol. The lowest BCUT2D eigenvalue weighted by atomic mass is 9.98. The fourth-order valence-electron chi connectivity index (χ4n) is 4.43. The normalized spacial score (nSPS) is 12.1. The van der Waals surface area contributed by atoms with Crippen molar-refractivity contribution in [2.45, 2.75) is 38.0 Å². The smallest absolute Gasteiger partial charge is 0.432 e. The number of fused-ring (bicyclic) bond motifs is 3. The number of unbranched alkanes of at least 4 members (excludes halogenated alkanes) is 3. The van der Waals surface area contributed by atoms with Gasteiger partial charge in [0.05, 0.1) is 5.69 Å². The van der Waals surface area contributed by atoms with Crippen LogP contribution in [0.25, 0.3) is 11.1 Å². The van der Waals surface area contributed by atoms with Crippen molar-refractivity contribution in [1.29, 1.82) is 0 Å². The van der Waals surface area contributed by atoms with E-state index in [1.54, 1.807) is 0 Å². The molecule has 2 aromatic carbocycles. The van der Waals surface area contributed by atoms with Crippen molar-refractivity contribution in [1.82, 2.24) is 14.6 Å². The van der Waals surface area contributed by atoms with E-state index in [1.165, 1.54) is 28.5 Å². The van der Waals surface area contributed by atoms with E-state index in [2.05, 4.69) is 34.6 Å². The maximum absolute atomic E-state index is 12.2. The van der Waals surface area contributed by atoms with E-state index in [0.29, 0.717) is 23.0 Å². The molecule has 1 aliphatic carbocycles. The quantitative estimate of drug-likeness (QED) is 0.278. The van der Waals surface area contributed by atoms with Gasteiger partial charge in [0.1, 0.15) is 6.61 Å². The van der Waals surface area contributed by atoms with Crippen LogP contribution < -0.4 is 5.32 Å². The summed E-state index contributed by atoms with van der Waals surface area (Å²) in [6.45, 7) is 0.769. The van der Waals surface area contributed by atoms with Crippen molar-refractivity contribution in [3.63, 3.8) is 0 Å². The Bertz CT molecular complexity index is 1250. The van der Waals surface area contributed by atoms with Crippen LogP contribution in [0, 0.1) is 0 Å². The first-order valence-corrected chi connectivity index (χ1v) is 12.6. The Labute approximate surface area is 203 Å². The number of amides is 1. The highest BCUT2D eigenvalue weighted by atomic mass is 31.1. The van der Waals surface area contributed by atoms with Gasteiger partial charge in [0, 0.05) is 18.7 Å². The number of carbonyl (C=O) groups excluding carboxylic acids is 1. The molecule has 10 heteroatoms. The Morgan fingerprint density at radius 3 is 2.20 bits per heavy atom. The Balaban J connectivity index is 1.15. The molecule has 3 aromatic rings. The molecule has 0 bridgehead atoms. The lowest BCUT2D eigenvalue weighted by Gasteiger charge is -2.14. The Hall–Kier alpha value is -3.71. The largest absolute Gasteiger partial charge is 0.475 e. The van der Waals surface area contributed by atoms with Crippen LogP contribution in [0.2, 0.25) is 0 Å². The summed E-state index contributed by atoms with van der Waals surface area (Å²) in [5.41, 5.74) is 5.14. The summed E-state index contributed by atoms with van der Waals surface area (Å²) >= 11 is 0. The number of carbonyl (C=O) groups is 2. The number of hydrogen-bond donors (Lipinski definition) is 2. The molecule has 2 N–H and O–H groups in total. The first-order chi connectivity index (χ1) is 17.0. The molecule has 0 atom stereocenters. The van der Waals surface area contributed by atoms with Gasteiger partial charge in [-0.3, -0.25) is 0 Å². The molecular weight excluding hydrogens is 469 g/mol. The number of carboxylic acid groups (broad SMARTS) is 1. The highest BCUT2D eigenvalue weighted by Crippen LogP contribution is 2.44. The molecule has 0 spiro atoms. The molecule has 0 saturated carbocycles. The lowest BCUT2D eigenvalue weighted by Crippen LogP contribution is -2.27. The van der Waals surface area contributed by atoms with Crippen molar-refractivity contribution in [3.05, 3.63) is 77.4 Å². The van der Waals surface area contributed by atoms with Crippen LogP contribution in [0.3, 0.4) is 0 Å². The topological polar surface area (TPSA) is 128 Å². The second kappa shape index (κ2) is 11.1. The molecule has 0 radical (unpaired) electrons. The third-order valence-electron chi connectivity index (χ3n) is 6.08. The molecule has 9 nitrogen and oxygen atoms in total. The number of rotatable bonds is 11. The van der Waals surface area contributed by atoms with Gasteiger partial charge in [0.2, 0.25) is 5.82 Å². The fourth-order valence-corrected chi connectivity index (χ4v) is 4.95. The molecule has 1 aliphatic rings. The highest BCUT2D eigenvalue weighted by Gasteiger charge is 2.28. The number of carboxylic acids is 1. The van der Waals surface area contributed by atoms with Crippen LogP contribution in [0.4, 0.5) is 4.79 Å². The SMILES string of the molecule is O=C(NCCCCCCc1cn(P(=O)=O)c(C(=O)O)n1)OCC1c2ccccc2-c2ccccc21. The van der Waals surface area contributed by atoms with Gasteiger partial charge in [-0.15, -0.1) is 0 Å². The Morgan fingerprint density at radius 1 is 0.971 bits per heavy atom. The Morgan fingerprint density at radius 2 is 1.60 bits per heavy atom. The third-order valence-corrected chi connectivity index (χ3v) is 6.73. The molecule has 1 aromatic heterocycles. The van der Waals surface area contributed by atoms with E-state index in [0.717, 1.165) is 25.7 Å². The molecule has 1 amide bonds. The van der Waals surface area contributed by atoms with Crippen LogP contribution in [0.15, 0.2) is 54.7 Å². The molecule has 0 saturated heterocycles. The first kappa shape index (κ1) is 24.4. The molecule has 0 aliphatic heterocycles. The molecular formula is C25H26N3O6P. The van der Waals surface area contributed by atoms with E-state index >= 15 is 0 Å². The van der Waals surface area contributed by atoms with Gasteiger partial charge in [0.15, 0.2) is 0 Å². The number of nitrogens with zero attached hydrogens (tertiary/aromatic N) is 2. The minimum absolute atomic E-state index is 0.0259. The summed E-state index contributed by atoms with van der Waals surface area (Å²) < 4.78 is 28.4. The summed E-state index contributed by atoms with van der Waals surface area (Å²) in [7, 11) is -3.07. The second-order valence-corrected chi connectivity index (χ2v) is 9.27. The lowest BCUT2D eigenvalue weighted by molar-refractivity contribution is 0.0682. The molecule has 182 valence electrons. The van der Waals surface area contributed by atoms with Crippen LogP contribution in [-0.4, -0.2) is 39.6 Å². The van der Waals surface area contributed by atoms with Gasteiger partial charge in [-0.05, 0) is 41.5 Å². The maximum atomic E-state index is 12.2. The van der Waals surface area contributed by atoms with Crippen LogP contribution in [0.1, 0.15) is 59.0 Å². The number of benzene rings is 2. The summed E-state index contributed by atoms with van der Waals surface area (Å²) in [6.07, 6.45) is 4.48. The minimum atomic E-state index is -3.07. The van der Waals surface area contributed by atoms with E-state index in [-0.39, 0.29) is 12.5 Å². The number of hydrogen-bond acceptors (Lipinski definition) is 6.